The highest BCUT2D eigenvalue weighted by atomic mass is 15.0. The van der Waals surface area contributed by atoms with Crippen LogP contribution in [0.4, 0.5) is 0 Å². The third kappa shape index (κ3) is 4.57. The van der Waals surface area contributed by atoms with E-state index in [9.17, 15) is 0 Å². The lowest BCUT2D eigenvalue weighted by molar-refractivity contribution is 1.18. The molecule has 12 aromatic rings. The SMILES string of the molecule is c1ccc(-c2ccc(-n3c4ccccc4c4cc5c6ccc(-c7ccc8c(c7)c7ccccc7n8-c7ccccc7)cc6c6ccccc6c5cc43)cc2)cc1. The van der Waals surface area contributed by atoms with E-state index in [1.165, 1.54) is 104 Å². The average Bonchev–Trinajstić information content (AvgIpc) is 3.78. The van der Waals surface area contributed by atoms with Crippen LogP contribution in [0.5, 0.6) is 0 Å². The van der Waals surface area contributed by atoms with E-state index in [1.807, 2.05) is 0 Å². The Morgan fingerprint density at radius 2 is 0.607 bits per heavy atom. The van der Waals surface area contributed by atoms with Gasteiger partial charge in [-0.05, 0) is 121 Å². The zero-order valence-corrected chi connectivity index (χ0v) is 30.5. The largest absolute Gasteiger partial charge is 0.309 e. The Labute approximate surface area is 323 Å². The molecule has 0 N–H and O–H groups in total. The molecule has 0 aliphatic rings. The maximum absolute atomic E-state index is 2.45. The van der Waals surface area contributed by atoms with E-state index in [0.29, 0.717) is 0 Å². The second-order valence-corrected chi connectivity index (χ2v) is 14.9. The Bertz CT molecular complexity index is 3500. The third-order valence-electron chi connectivity index (χ3n) is 11.9. The van der Waals surface area contributed by atoms with Crippen LogP contribution in [0, 0.1) is 0 Å². The van der Waals surface area contributed by atoms with Crippen LogP contribution in [-0.4, -0.2) is 9.13 Å². The highest BCUT2D eigenvalue weighted by Crippen LogP contribution is 2.43. The number of hydrogen-bond acceptors (Lipinski definition) is 0. The van der Waals surface area contributed by atoms with E-state index in [1.54, 1.807) is 0 Å². The summed E-state index contributed by atoms with van der Waals surface area (Å²) in [6.45, 7) is 0. The van der Waals surface area contributed by atoms with Crippen LogP contribution in [0.15, 0.2) is 206 Å². The minimum absolute atomic E-state index is 1.16. The summed E-state index contributed by atoms with van der Waals surface area (Å²) < 4.78 is 4.82. The van der Waals surface area contributed by atoms with Crippen molar-refractivity contribution < 1.29 is 0 Å². The van der Waals surface area contributed by atoms with Crippen molar-refractivity contribution in [2.75, 3.05) is 0 Å². The Balaban J connectivity index is 1.07. The van der Waals surface area contributed by atoms with E-state index in [0.717, 1.165) is 5.69 Å². The molecule has 2 aromatic heterocycles. The van der Waals surface area contributed by atoms with E-state index >= 15 is 0 Å². The van der Waals surface area contributed by atoms with Crippen LogP contribution >= 0.6 is 0 Å². The molecule has 12 rings (SSSR count). The van der Waals surface area contributed by atoms with Gasteiger partial charge in [-0.25, -0.2) is 0 Å². The van der Waals surface area contributed by atoms with Crippen molar-refractivity contribution in [1.29, 1.82) is 0 Å². The first-order chi connectivity index (χ1) is 27.8. The van der Waals surface area contributed by atoms with Crippen LogP contribution in [0.3, 0.4) is 0 Å². The number of rotatable bonds is 4. The molecule has 0 aliphatic carbocycles. The molecule has 0 amide bonds. The Hall–Kier alpha value is -7.42. The van der Waals surface area contributed by atoms with Crippen molar-refractivity contribution in [2.24, 2.45) is 0 Å². The molecule has 0 fully saturated rings. The molecule has 10 aromatic carbocycles. The molecular weight excluding hydrogens is 677 g/mol. The van der Waals surface area contributed by atoms with Gasteiger partial charge in [0.1, 0.15) is 0 Å². The van der Waals surface area contributed by atoms with Crippen LogP contribution < -0.4 is 0 Å². The van der Waals surface area contributed by atoms with E-state index in [4.69, 9.17) is 0 Å². The van der Waals surface area contributed by atoms with Crippen molar-refractivity contribution in [3.8, 4) is 33.6 Å². The number of nitrogens with zero attached hydrogens (tertiary/aromatic N) is 2. The fraction of sp³-hybridized carbons (Fsp3) is 0. The second-order valence-electron chi connectivity index (χ2n) is 14.9. The van der Waals surface area contributed by atoms with Gasteiger partial charge in [0.25, 0.3) is 0 Å². The van der Waals surface area contributed by atoms with Gasteiger partial charge in [-0.2, -0.15) is 0 Å². The Morgan fingerprint density at radius 1 is 0.196 bits per heavy atom. The molecule has 0 spiro atoms. The molecule has 0 radical (unpaired) electrons. The quantitative estimate of drug-likeness (QED) is 0.161. The molecule has 0 bridgehead atoms. The topological polar surface area (TPSA) is 9.86 Å². The average molecular weight is 711 g/mol. The maximum atomic E-state index is 2.45. The zero-order valence-electron chi connectivity index (χ0n) is 30.5. The summed E-state index contributed by atoms with van der Waals surface area (Å²) in [5.41, 5.74) is 12.1. The molecule has 2 heterocycles. The van der Waals surface area contributed by atoms with Crippen LogP contribution in [0.25, 0.3) is 110 Å². The summed E-state index contributed by atoms with van der Waals surface area (Å²) >= 11 is 0. The zero-order chi connectivity index (χ0) is 36.7. The fourth-order valence-corrected chi connectivity index (χ4v) is 9.31. The maximum Gasteiger partial charge on any atom is 0.0547 e. The molecule has 2 nitrogen and oxygen atoms in total. The molecule has 0 saturated carbocycles. The lowest BCUT2D eigenvalue weighted by Gasteiger charge is -2.14. The molecule has 0 unspecified atom stereocenters. The third-order valence-corrected chi connectivity index (χ3v) is 11.9. The van der Waals surface area contributed by atoms with Gasteiger partial charge in [-0.1, -0.05) is 140 Å². The van der Waals surface area contributed by atoms with Gasteiger partial charge in [0.15, 0.2) is 0 Å². The van der Waals surface area contributed by atoms with Crippen LogP contribution in [0.1, 0.15) is 0 Å². The van der Waals surface area contributed by atoms with E-state index in [-0.39, 0.29) is 0 Å². The Morgan fingerprint density at radius 3 is 1.29 bits per heavy atom. The molecule has 0 aliphatic heterocycles. The lowest BCUT2D eigenvalue weighted by Crippen LogP contribution is -1.94. The van der Waals surface area contributed by atoms with Gasteiger partial charge in [-0.3, -0.25) is 0 Å². The number of hydrogen-bond donors (Lipinski definition) is 0. The molecule has 0 atom stereocenters. The van der Waals surface area contributed by atoms with E-state index < -0.39 is 0 Å². The molecule has 0 saturated heterocycles. The lowest BCUT2D eigenvalue weighted by atomic mass is 9.91. The highest BCUT2D eigenvalue weighted by Gasteiger charge is 2.18. The van der Waals surface area contributed by atoms with Crippen molar-refractivity contribution in [3.05, 3.63) is 206 Å². The molecule has 2 heteroatoms. The highest BCUT2D eigenvalue weighted by molar-refractivity contribution is 6.29. The first-order valence-corrected chi connectivity index (χ1v) is 19.3. The van der Waals surface area contributed by atoms with Gasteiger partial charge in [0.05, 0.1) is 22.1 Å². The van der Waals surface area contributed by atoms with Crippen molar-refractivity contribution in [1.82, 2.24) is 9.13 Å². The summed E-state index contributed by atoms with van der Waals surface area (Å²) in [5.74, 6) is 0. The second kappa shape index (κ2) is 12.0. The van der Waals surface area contributed by atoms with Crippen molar-refractivity contribution >= 4 is 75.9 Å². The predicted octanol–water partition coefficient (Wildman–Crippen LogP) is 14.7. The monoisotopic (exact) mass is 710 g/mol. The van der Waals surface area contributed by atoms with Gasteiger partial charge in [-0.15, -0.1) is 0 Å². The summed E-state index contributed by atoms with van der Waals surface area (Å²) in [6, 6.07) is 75.7. The molecular formula is C54H34N2. The Kier molecular flexibility index (Phi) is 6.66. The number of fused-ring (bicyclic) bond motifs is 12. The molecule has 56 heavy (non-hydrogen) atoms. The minimum Gasteiger partial charge on any atom is -0.309 e. The summed E-state index contributed by atoms with van der Waals surface area (Å²) in [5, 5.41) is 12.7. The van der Waals surface area contributed by atoms with Crippen molar-refractivity contribution in [3.63, 3.8) is 0 Å². The first kappa shape index (κ1) is 31.0. The summed E-state index contributed by atoms with van der Waals surface area (Å²) in [7, 11) is 0. The fourth-order valence-electron chi connectivity index (χ4n) is 9.31. The number of para-hydroxylation sites is 3. The van der Waals surface area contributed by atoms with Crippen LogP contribution in [-0.2, 0) is 0 Å². The first-order valence-electron chi connectivity index (χ1n) is 19.3. The summed E-state index contributed by atoms with van der Waals surface area (Å²) in [4.78, 5) is 0. The summed E-state index contributed by atoms with van der Waals surface area (Å²) in [6.07, 6.45) is 0. The minimum atomic E-state index is 1.16. The van der Waals surface area contributed by atoms with Crippen molar-refractivity contribution in [2.45, 2.75) is 0 Å². The normalized spacial score (nSPS) is 11.9. The smallest absolute Gasteiger partial charge is 0.0547 e. The molecule has 260 valence electrons. The van der Waals surface area contributed by atoms with Gasteiger partial charge in [0.2, 0.25) is 0 Å². The number of aromatic nitrogens is 2. The van der Waals surface area contributed by atoms with Gasteiger partial charge >= 0.3 is 0 Å². The van der Waals surface area contributed by atoms with Gasteiger partial charge in [0, 0.05) is 32.9 Å². The standard InChI is InChI=1S/C54H34N2/c1-3-13-35(14-4-1)36-23-27-40(28-24-36)56-52-22-12-10-20-45(52)50-33-47-43-29-25-37(31-46(43)41-17-7-8-18-42(41)48(47)34-54(50)56)38-26-30-53-49(32-38)44-19-9-11-21-51(44)55(53)39-15-5-2-6-16-39/h1-34H. The van der Waals surface area contributed by atoms with E-state index in [2.05, 4.69) is 215 Å². The van der Waals surface area contributed by atoms with Crippen LogP contribution in [0.2, 0.25) is 0 Å². The van der Waals surface area contributed by atoms with Gasteiger partial charge < -0.3 is 9.13 Å². The predicted molar refractivity (Wildman–Crippen MR) is 239 cm³/mol. The number of benzene rings is 10.